The summed E-state index contributed by atoms with van der Waals surface area (Å²) in [6.07, 6.45) is 1.44. The molecule has 2 N–H and O–H groups in total. The molecule has 1 saturated heterocycles. The Bertz CT molecular complexity index is 479. The van der Waals surface area contributed by atoms with E-state index in [1.54, 1.807) is 7.11 Å². The fraction of sp³-hybridized carbons (Fsp3) is 0.533. The molecule has 0 saturated carbocycles. The first-order valence-corrected chi connectivity index (χ1v) is 7.72. The van der Waals surface area contributed by atoms with Crippen molar-refractivity contribution in [3.63, 3.8) is 0 Å². The zero-order valence-corrected chi connectivity index (χ0v) is 13.5. The molecule has 1 fully saturated rings. The predicted octanol–water partition coefficient (Wildman–Crippen LogP) is 2.11. The van der Waals surface area contributed by atoms with Crippen molar-refractivity contribution < 1.29 is 9.53 Å². The number of carbonyl (C=O) groups is 1. The summed E-state index contributed by atoms with van der Waals surface area (Å²) < 4.78 is 6.25. The number of halogens is 1. The van der Waals surface area contributed by atoms with E-state index in [1.165, 1.54) is 0 Å². The standard InChI is InChI=1S/C15H21BrN2O2/c1-10-5-6-17-9-13(10)18-15(19)8-11-7-12(16)3-4-14(11)20-2/h3-4,7,10,13,17H,5-6,8-9H2,1-2H3,(H,18,19). The van der Waals surface area contributed by atoms with Crippen molar-refractivity contribution in [1.29, 1.82) is 0 Å². The van der Waals surface area contributed by atoms with Crippen LogP contribution in [0, 0.1) is 5.92 Å². The molecule has 20 heavy (non-hydrogen) atoms. The van der Waals surface area contributed by atoms with E-state index in [9.17, 15) is 4.79 Å². The highest BCUT2D eigenvalue weighted by molar-refractivity contribution is 9.10. The Balaban J connectivity index is 1.99. The molecule has 2 rings (SSSR count). The van der Waals surface area contributed by atoms with Crippen molar-refractivity contribution in [3.8, 4) is 5.75 Å². The van der Waals surface area contributed by atoms with Gasteiger partial charge in [-0.15, -0.1) is 0 Å². The first-order valence-electron chi connectivity index (χ1n) is 6.92. The number of hydrogen-bond donors (Lipinski definition) is 2. The molecule has 0 radical (unpaired) electrons. The Morgan fingerprint density at radius 3 is 3.05 bits per heavy atom. The Kier molecular flexibility index (Phi) is 5.43. The zero-order chi connectivity index (χ0) is 14.5. The zero-order valence-electron chi connectivity index (χ0n) is 11.9. The normalized spacial score (nSPS) is 22.4. The highest BCUT2D eigenvalue weighted by atomic mass is 79.9. The molecule has 110 valence electrons. The average Bonchev–Trinajstić information content (AvgIpc) is 2.41. The molecular formula is C15H21BrN2O2. The molecule has 1 aromatic rings. The second kappa shape index (κ2) is 7.09. The Morgan fingerprint density at radius 1 is 1.55 bits per heavy atom. The molecule has 1 heterocycles. The smallest absolute Gasteiger partial charge is 0.224 e. The molecular weight excluding hydrogens is 320 g/mol. The molecule has 4 nitrogen and oxygen atoms in total. The molecule has 1 aliphatic heterocycles. The quantitative estimate of drug-likeness (QED) is 0.882. The van der Waals surface area contributed by atoms with Gasteiger partial charge in [-0.25, -0.2) is 0 Å². The van der Waals surface area contributed by atoms with E-state index in [0.29, 0.717) is 12.3 Å². The average molecular weight is 341 g/mol. The molecule has 0 aliphatic carbocycles. The maximum absolute atomic E-state index is 12.2. The van der Waals surface area contributed by atoms with Crippen LogP contribution in [0.2, 0.25) is 0 Å². The third-order valence-corrected chi connectivity index (χ3v) is 4.26. The van der Waals surface area contributed by atoms with E-state index in [-0.39, 0.29) is 11.9 Å². The number of amides is 1. The van der Waals surface area contributed by atoms with Crippen LogP contribution in [0.3, 0.4) is 0 Å². The number of piperidine rings is 1. The van der Waals surface area contributed by atoms with Crippen LogP contribution >= 0.6 is 15.9 Å². The van der Waals surface area contributed by atoms with E-state index in [1.807, 2.05) is 18.2 Å². The molecule has 0 spiro atoms. The minimum absolute atomic E-state index is 0.0435. The molecule has 0 bridgehead atoms. The van der Waals surface area contributed by atoms with Crippen molar-refractivity contribution >= 4 is 21.8 Å². The van der Waals surface area contributed by atoms with Gasteiger partial charge >= 0.3 is 0 Å². The van der Waals surface area contributed by atoms with Gasteiger partial charge in [0, 0.05) is 22.6 Å². The van der Waals surface area contributed by atoms with Crippen LogP contribution in [0.1, 0.15) is 18.9 Å². The van der Waals surface area contributed by atoms with Crippen LogP contribution in [0.4, 0.5) is 0 Å². The topological polar surface area (TPSA) is 50.4 Å². The highest BCUT2D eigenvalue weighted by Gasteiger charge is 2.22. The molecule has 2 atom stereocenters. The van der Waals surface area contributed by atoms with Crippen molar-refractivity contribution in [2.24, 2.45) is 5.92 Å². The van der Waals surface area contributed by atoms with Gasteiger partial charge in [0.2, 0.25) is 5.91 Å². The minimum Gasteiger partial charge on any atom is -0.496 e. The van der Waals surface area contributed by atoms with Crippen LogP contribution in [0.25, 0.3) is 0 Å². The van der Waals surface area contributed by atoms with Gasteiger partial charge in [0.1, 0.15) is 5.75 Å². The lowest BCUT2D eigenvalue weighted by Crippen LogP contribution is -2.50. The summed E-state index contributed by atoms with van der Waals surface area (Å²) in [5.74, 6) is 1.31. The van der Waals surface area contributed by atoms with Gasteiger partial charge in [0.05, 0.1) is 13.5 Å². The summed E-state index contributed by atoms with van der Waals surface area (Å²) in [7, 11) is 1.62. The summed E-state index contributed by atoms with van der Waals surface area (Å²) in [5, 5.41) is 6.43. The van der Waals surface area contributed by atoms with Crippen LogP contribution in [0.15, 0.2) is 22.7 Å². The van der Waals surface area contributed by atoms with Crippen LogP contribution < -0.4 is 15.4 Å². The molecule has 1 aliphatic rings. The Labute approximate surface area is 128 Å². The lowest BCUT2D eigenvalue weighted by molar-refractivity contribution is -0.121. The second-order valence-electron chi connectivity index (χ2n) is 5.28. The van der Waals surface area contributed by atoms with Crippen molar-refractivity contribution in [2.45, 2.75) is 25.8 Å². The SMILES string of the molecule is COc1ccc(Br)cc1CC(=O)NC1CNCCC1C. The van der Waals surface area contributed by atoms with Crippen LogP contribution in [-0.2, 0) is 11.2 Å². The lowest BCUT2D eigenvalue weighted by atomic mass is 9.94. The number of hydrogen-bond acceptors (Lipinski definition) is 3. The first-order chi connectivity index (χ1) is 9.60. The number of methoxy groups -OCH3 is 1. The van der Waals surface area contributed by atoms with Gasteiger partial charge in [0.15, 0.2) is 0 Å². The number of benzene rings is 1. The van der Waals surface area contributed by atoms with Gasteiger partial charge in [0.25, 0.3) is 0 Å². The monoisotopic (exact) mass is 340 g/mol. The summed E-state index contributed by atoms with van der Waals surface area (Å²) in [6.45, 7) is 4.07. The second-order valence-corrected chi connectivity index (χ2v) is 6.19. The van der Waals surface area contributed by atoms with E-state index >= 15 is 0 Å². The van der Waals surface area contributed by atoms with E-state index in [0.717, 1.165) is 35.3 Å². The maximum Gasteiger partial charge on any atom is 0.224 e. The van der Waals surface area contributed by atoms with Gasteiger partial charge in [-0.2, -0.15) is 0 Å². The van der Waals surface area contributed by atoms with Gasteiger partial charge < -0.3 is 15.4 Å². The van der Waals surface area contributed by atoms with Gasteiger partial charge in [-0.3, -0.25) is 4.79 Å². The summed E-state index contributed by atoms with van der Waals surface area (Å²) in [4.78, 5) is 12.2. The molecule has 5 heteroatoms. The van der Waals surface area contributed by atoms with Crippen molar-refractivity contribution in [1.82, 2.24) is 10.6 Å². The largest absolute Gasteiger partial charge is 0.496 e. The number of carbonyl (C=O) groups excluding carboxylic acids is 1. The predicted molar refractivity (Wildman–Crippen MR) is 83.0 cm³/mol. The van der Waals surface area contributed by atoms with Gasteiger partial charge in [-0.05, 0) is 37.1 Å². The van der Waals surface area contributed by atoms with E-state index < -0.39 is 0 Å². The van der Waals surface area contributed by atoms with Gasteiger partial charge in [-0.1, -0.05) is 22.9 Å². The summed E-state index contributed by atoms with van der Waals surface area (Å²) >= 11 is 3.43. The van der Waals surface area contributed by atoms with Crippen LogP contribution in [-0.4, -0.2) is 32.1 Å². The fourth-order valence-electron chi connectivity index (χ4n) is 2.50. The number of nitrogens with one attached hydrogen (secondary N) is 2. The number of ether oxygens (including phenoxy) is 1. The molecule has 1 aromatic carbocycles. The Hall–Kier alpha value is -1.07. The lowest BCUT2D eigenvalue weighted by Gasteiger charge is -2.30. The highest BCUT2D eigenvalue weighted by Crippen LogP contribution is 2.23. The third kappa shape index (κ3) is 3.96. The fourth-order valence-corrected chi connectivity index (χ4v) is 2.91. The molecule has 0 aromatic heterocycles. The van der Waals surface area contributed by atoms with Crippen molar-refractivity contribution in [3.05, 3.63) is 28.2 Å². The Morgan fingerprint density at radius 2 is 2.35 bits per heavy atom. The molecule has 2 unspecified atom stereocenters. The minimum atomic E-state index is 0.0435. The summed E-state index contributed by atoms with van der Waals surface area (Å²) in [5.41, 5.74) is 0.899. The van der Waals surface area contributed by atoms with Crippen LogP contribution in [0.5, 0.6) is 5.75 Å². The summed E-state index contributed by atoms with van der Waals surface area (Å²) in [6, 6.07) is 5.93. The molecule has 1 amide bonds. The van der Waals surface area contributed by atoms with E-state index in [4.69, 9.17) is 4.74 Å². The first kappa shape index (κ1) is 15.3. The third-order valence-electron chi connectivity index (χ3n) is 3.77. The van der Waals surface area contributed by atoms with E-state index in [2.05, 4.69) is 33.5 Å². The van der Waals surface area contributed by atoms with Crippen molar-refractivity contribution in [2.75, 3.05) is 20.2 Å². The number of rotatable bonds is 4. The maximum atomic E-state index is 12.2.